The highest BCUT2D eigenvalue weighted by atomic mass is 16.5. The van der Waals surface area contributed by atoms with E-state index >= 15 is 0 Å². The van der Waals surface area contributed by atoms with Crippen molar-refractivity contribution in [3.8, 4) is 5.75 Å². The van der Waals surface area contributed by atoms with Crippen molar-refractivity contribution in [2.45, 2.75) is 12.5 Å². The number of nitrogens with zero attached hydrogens (tertiary/aromatic N) is 1. The van der Waals surface area contributed by atoms with Crippen LogP contribution in [0.3, 0.4) is 0 Å². The van der Waals surface area contributed by atoms with E-state index in [4.69, 9.17) is 4.74 Å². The predicted molar refractivity (Wildman–Crippen MR) is 60.2 cm³/mol. The SMILES string of the molecule is COc1ccccc1CC(O)c1ncc[nH]1. The summed E-state index contributed by atoms with van der Waals surface area (Å²) in [5, 5.41) is 9.93. The molecule has 0 radical (unpaired) electrons. The second kappa shape index (κ2) is 4.81. The van der Waals surface area contributed by atoms with Gasteiger partial charge in [-0.05, 0) is 11.6 Å². The van der Waals surface area contributed by atoms with Gasteiger partial charge in [-0.1, -0.05) is 18.2 Å². The number of para-hydroxylation sites is 1. The third kappa shape index (κ3) is 2.23. The van der Waals surface area contributed by atoms with E-state index in [1.165, 1.54) is 0 Å². The van der Waals surface area contributed by atoms with Gasteiger partial charge in [0.2, 0.25) is 0 Å². The largest absolute Gasteiger partial charge is 0.496 e. The van der Waals surface area contributed by atoms with E-state index in [-0.39, 0.29) is 0 Å². The third-order valence-corrected chi connectivity index (χ3v) is 2.44. The van der Waals surface area contributed by atoms with Crippen molar-refractivity contribution < 1.29 is 9.84 Å². The Morgan fingerprint density at radius 2 is 2.25 bits per heavy atom. The summed E-state index contributed by atoms with van der Waals surface area (Å²) in [6, 6.07) is 7.64. The number of methoxy groups -OCH3 is 1. The highest BCUT2D eigenvalue weighted by Crippen LogP contribution is 2.23. The van der Waals surface area contributed by atoms with Gasteiger partial charge in [0.15, 0.2) is 0 Å². The summed E-state index contributed by atoms with van der Waals surface area (Å²) >= 11 is 0. The molecule has 0 aliphatic carbocycles. The van der Waals surface area contributed by atoms with Crippen molar-refractivity contribution in [2.24, 2.45) is 0 Å². The molecule has 0 bridgehead atoms. The van der Waals surface area contributed by atoms with Crippen molar-refractivity contribution in [1.29, 1.82) is 0 Å². The molecule has 0 saturated heterocycles. The van der Waals surface area contributed by atoms with E-state index in [9.17, 15) is 5.11 Å². The molecular weight excluding hydrogens is 204 g/mol. The van der Waals surface area contributed by atoms with Crippen LogP contribution < -0.4 is 4.74 Å². The molecule has 2 rings (SSSR count). The summed E-state index contributed by atoms with van der Waals surface area (Å²) in [5.41, 5.74) is 0.967. The molecule has 1 aromatic carbocycles. The Labute approximate surface area is 93.9 Å². The number of hydrogen-bond acceptors (Lipinski definition) is 3. The van der Waals surface area contributed by atoms with E-state index in [1.807, 2.05) is 24.3 Å². The van der Waals surface area contributed by atoms with Crippen LogP contribution >= 0.6 is 0 Å². The zero-order chi connectivity index (χ0) is 11.4. The predicted octanol–water partition coefficient (Wildman–Crippen LogP) is 1.69. The van der Waals surface area contributed by atoms with Crippen molar-refractivity contribution in [2.75, 3.05) is 7.11 Å². The molecule has 1 unspecified atom stereocenters. The quantitative estimate of drug-likeness (QED) is 0.821. The summed E-state index contributed by atoms with van der Waals surface area (Å²) in [5.74, 6) is 1.36. The number of hydrogen-bond donors (Lipinski definition) is 2. The molecule has 2 N–H and O–H groups in total. The average Bonchev–Trinajstić information content (AvgIpc) is 2.83. The third-order valence-electron chi connectivity index (χ3n) is 2.44. The molecule has 2 aromatic rings. The van der Waals surface area contributed by atoms with Gasteiger partial charge in [0, 0.05) is 18.8 Å². The Bertz CT molecular complexity index is 440. The highest BCUT2D eigenvalue weighted by Gasteiger charge is 2.13. The smallest absolute Gasteiger partial charge is 0.135 e. The molecule has 0 amide bonds. The Kier molecular flexibility index (Phi) is 3.22. The maximum Gasteiger partial charge on any atom is 0.135 e. The Balaban J connectivity index is 2.14. The number of aliphatic hydroxyl groups is 1. The van der Waals surface area contributed by atoms with Crippen LogP contribution in [-0.4, -0.2) is 22.2 Å². The second-order valence-electron chi connectivity index (χ2n) is 3.51. The minimum absolute atomic E-state index is 0.484. The Morgan fingerprint density at radius 1 is 1.44 bits per heavy atom. The monoisotopic (exact) mass is 218 g/mol. The maximum absolute atomic E-state index is 9.93. The first-order chi connectivity index (χ1) is 7.81. The number of ether oxygens (including phenoxy) is 1. The summed E-state index contributed by atoms with van der Waals surface area (Å²) < 4.78 is 5.22. The lowest BCUT2D eigenvalue weighted by atomic mass is 10.1. The van der Waals surface area contributed by atoms with Crippen molar-refractivity contribution in [1.82, 2.24) is 9.97 Å². The molecule has 1 heterocycles. The van der Waals surface area contributed by atoms with Gasteiger partial charge in [0.1, 0.15) is 17.7 Å². The molecule has 0 spiro atoms. The summed E-state index contributed by atoms with van der Waals surface area (Å²) in [6.07, 6.45) is 3.17. The molecule has 84 valence electrons. The Morgan fingerprint density at radius 3 is 2.94 bits per heavy atom. The van der Waals surface area contributed by atoms with E-state index in [0.717, 1.165) is 11.3 Å². The molecule has 0 aliphatic rings. The molecule has 0 fully saturated rings. The van der Waals surface area contributed by atoms with Gasteiger partial charge in [-0.15, -0.1) is 0 Å². The topological polar surface area (TPSA) is 58.1 Å². The van der Waals surface area contributed by atoms with Gasteiger partial charge in [-0.2, -0.15) is 0 Å². The normalized spacial score (nSPS) is 12.4. The van der Waals surface area contributed by atoms with Crippen molar-refractivity contribution in [3.63, 3.8) is 0 Å². The van der Waals surface area contributed by atoms with E-state index in [2.05, 4.69) is 9.97 Å². The van der Waals surface area contributed by atoms with Gasteiger partial charge >= 0.3 is 0 Å². The lowest BCUT2D eigenvalue weighted by Gasteiger charge is -2.11. The minimum atomic E-state index is -0.633. The van der Waals surface area contributed by atoms with E-state index in [1.54, 1.807) is 19.5 Å². The summed E-state index contributed by atoms with van der Waals surface area (Å²) in [6.45, 7) is 0. The number of aromatic amines is 1. The summed E-state index contributed by atoms with van der Waals surface area (Å²) in [7, 11) is 1.62. The van der Waals surface area contributed by atoms with Gasteiger partial charge in [0.05, 0.1) is 7.11 Å². The molecule has 4 nitrogen and oxygen atoms in total. The van der Waals surface area contributed by atoms with Crippen LogP contribution in [0.1, 0.15) is 17.5 Å². The maximum atomic E-state index is 9.93. The molecule has 4 heteroatoms. The molecule has 16 heavy (non-hydrogen) atoms. The fourth-order valence-corrected chi connectivity index (χ4v) is 1.64. The number of imidazole rings is 1. The van der Waals surface area contributed by atoms with Crippen LogP contribution in [0.5, 0.6) is 5.75 Å². The number of benzene rings is 1. The second-order valence-corrected chi connectivity index (χ2v) is 3.51. The Hall–Kier alpha value is -1.81. The minimum Gasteiger partial charge on any atom is -0.496 e. The van der Waals surface area contributed by atoms with E-state index < -0.39 is 6.10 Å². The summed E-state index contributed by atoms with van der Waals surface area (Å²) in [4.78, 5) is 6.91. The number of rotatable bonds is 4. The van der Waals surface area contributed by atoms with Gasteiger partial charge in [-0.25, -0.2) is 4.98 Å². The van der Waals surface area contributed by atoms with Crippen molar-refractivity contribution >= 4 is 0 Å². The fraction of sp³-hybridized carbons (Fsp3) is 0.250. The lowest BCUT2D eigenvalue weighted by molar-refractivity contribution is 0.168. The number of H-pyrrole nitrogens is 1. The van der Waals surface area contributed by atoms with Crippen LogP contribution in [0.25, 0.3) is 0 Å². The van der Waals surface area contributed by atoms with Crippen LogP contribution in [-0.2, 0) is 6.42 Å². The highest BCUT2D eigenvalue weighted by molar-refractivity contribution is 5.33. The molecule has 1 aromatic heterocycles. The first-order valence-corrected chi connectivity index (χ1v) is 5.10. The number of nitrogens with one attached hydrogen (secondary N) is 1. The first-order valence-electron chi connectivity index (χ1n) is 5.10. The molecule has 0 saturated carbocycles. The van der Waals surface area contributed by atoms with Crippen LogP contribution in [0.4, 0.5) is 0 Å². The van der Waals surface area contributed by atoms with Crippen LogP contribution in [0, 0.1) is 0 Å². The number of aliphatic hydroxyl groups excluding tert-OH is 1. The van der Waals surface area contributed by atoms with Crippen LogP contribution in [0.15, 0.2) is 36.7 Å². The average molecular weight is 218 g/mol. The lowest BCUT2D eigenvalue weighted by Crippen LogP contribution is -2.05. The van der Waals surface area contributed by atoms with Gasteiger partial charge in [0.25, 0.3) is 0 Å². The molecule has 1 atom stereocenters. The standard InChI is InChI=1S/C12H14N2O2/c1-16-11-5-3-2-4-9(11)8-10(15)12-13-6-7-14-12/h2-7,10,15H,8H2,1H3,(H,13,14). The molecule has 0 aliphatic heterocycles. The zero-order valence-electron chi connectivity index (χ0n) is 9.05. The van der Waals surface area contributed by atoms with E-state index in [0.29, 0.717) is 12.2 Å². The van der Waals surface area contributed by atoms with Crippen LogP contribution in [0.2, 0.25) is 0 Å². The van der Waals surface area contributed by atoms with Crippen molar-refractivity contribution in [3.05, 3.63) is 48.0 Å². The zero-order valence-corrected chi connectivity index (χ0v) is 9.05. The molecular formula is C12H14N2O2. The fourth-order valence-electron chi connectivity index (χ4n) is 1.64. The van der Waals surface area contributed by atoms with Gasteiger partial charge < -0.3 is 14.8 Å². The van der Waals surface area contributed by atoms with Gasteiger partial charge in [-0.3, -0.25) is 0 Å². The number of aromatic nitrogens is 2. The first kappa shape index (κ1) is 10.7.